The highest BCUT2D eigenvalue weighted by atomic mass is 19.1. The predicted molar refractivity (Wildman–Crippen MR) is 102 cm³/mol. The van der Waals surface area contributed by atoms with E-state index in [2.05, 4.69) is 5.32 Å². The van der Waals surface area contributed by atoms with Crippen LogP contribution in [0.5, 0.6) is 5.75 Å². The molecule has 0 fully saturated rings. The van der Waals surface area contributed by atoms with Crippen LogP contribution in [0.2, 0.25) is 0 Å². The van der Waals surface area contributed by atoms with Gasteiger partial charge in [-0.1, -0.05) is 18.2 Å². The van der Waals surface area contributed by atoms with Crippen molar-refractivity contribution in [3.63, 3.8) is 0 Å². The zero-order valence-corrected chi connectivity index (χ0v) is 15.4. The van der Waals surface area contributed by atoms with Crippen molar-refractivity contribution < 1.29 is 27.1 Å². The fraction of sp³-hybridized carbons (Fsp3) is 0.136. The van der Waals surface area contributed by atoms with Crippen LogP contribution in [-0.4, -0.2) is 12.4 Å². The van der Waals surface area contributed by atoms with Crippen molar-refractivity contribution in [3.05, 3.63) is 83.4 Å². The van der Waals surface area contributed by atoms with E-state index in [1.54, 1.807) is 6.07 Å². The second-order valence-electron chi connectivity index (χ2n) is 6.40. The lowest BCUT2D eigenvalue weighted by Gasteiger charge is -2.13. The van der Waals surface area contributed by atoms with E-state index in [0.29, 0.717) is 11.1 Å². The predicted octanol–water partition coefficient (Wildman–Crippen LogP) is 5.49. The molecule has 0 spiro atoms. The molecule has 150 valence electrons. The van der Waals surface area contributed by atoms with E-state index in [1.165, 1.54) is 43.3 Å². The molecule has 7 heteroatoms. The van der Waals surface area contributed by atoms with Gasteiger partial charge >= 0.3 is 0 Å². The summed E-state index contributed by atoms with van der Waals surface area (Å²) in [4.78, 5) is 11.0. The van der Waals surface area contributed by atoms with E-state index in [9.17, 15) is 22.4 Å². The highest BCUT2D eigenvalue weighted by Crippen LogP contribution is 2.29. The summed E-state index contributed by atoms with van der Waals surface area (Å²) >= 11 is 0. The van der Waals surface area contributed by atoms with Gasteiger partial charge in [0, 0.05) is 12.1 Å². The molecular formula is C22H17F4NO2. The zero-order valence-electron chi connectivity index (χ0n) is 15.4. The van der Waals surface area contributed by atoms with Gasteiger partial charge in [0.05, 0.1) is 0 Å². The number of ether oxygens (including phenoxy) is 1. The molecule has 3 aromatic rings. The molecule has 0 unspecified atom stereocenters. The number of rotatable bonds is 7. The fourth-order valence-electron chi connectivity index (χ4n) is 2.73. The van der Waals surface area contributed by atoms with Gasteiger partial charge < -0.3 is 10.1 Å². The van der Waals surface area contributed by atoms with Crippen LogP contribution in [0, 0.1) is 23.3 Å². The van der Waals surface area contributed by atoms with Crippen LogP contribution in [0.25, 0.3) is 11.1 Å². The topological polar surface area (TPSA) is 38.3 Å². The third-order valence-corrected chi connectivity index (χ3v) is 4.15. The standard InChI is InChI=1S/C22H17F4NO2/c1-13(28)12-29-20-8-7-19(25)22(21(20)26)27-11-16-9-15(5-6-18(16)24)14-3-2-4-17(23)10-14/h2-10,27H,11-12H2,1H3. The SMILES string of the molecule is CC(=O)COc1ccc(F)c(NCc2cc(-c3cccc(F)c3)ccc2F)c1F. The first-order chi connectivity index (χ1) is 13.8. The lowest BCUT2D eigenvalue weighted by Crippen LogP contribution is -2.10. The normalized spacial score (nSPS) is 10.7. The Labute approximate surface area is 164 Å². The molecule has 3 rings (SSSR count). The molecule has 29 heavy (non-hydrogen) atoms. The molecule has 0 amide bonds. The van der Waals surface area contributed by atoms with Gasteiger partial charge in [0.15, 0.2) is 17.3 Å². The summed E-state index contributed by atoms with van der Waals surface area (Å²) in [6, 6.07) is 12.0. The number of anilines is 1. The molecule has 0 saturated heterocycles. The summed E-state index contributed by atoms with van der Waals surface area (Å²) in [6.07, 6.45) is 0. The van der Waals surface area contributed by atoms with Crippen molar-refractivity contribution >= 4 is 11.5 Å². The average Bonchev–Trinajstić information content (AvgIpc) is 2.68. The summed E-state index contributed by atoms with van der Waals surface area (Å²) in [5.74, 6) is -3.54. The first kappa shape index (κ1) is 20.4. The number of carbonyl (C=O) groups is 1. The molecule has 0 saturated carbocycles. The smallest absolute Gasteiger partial charge is 0.191 e. The molecule has 1 N–H and O–H groups in total. The summed E-state index contributed by atoms with van der Waals surface area (Å²) in [5, 5.41) is 2.53. The molecule has 0 aliphatic carbocycles. The van der Waals surface area contributed by atoms with Gasteiger partial charge in [0.2, 0.25) is 0 Å². The second-order valence-corrected chi connectivity index (χ2v) is 6.40. The Morgan fingerprint density at radius 2 is 1.66 bits per heavy atom. The number of nitrogens with one attached hydrogen (secondary N) is 1. The maximum absolute atomic E-state index is 14.5. The van der Waals surface area contributed by atoms with E-state index in [-0.39, 0.29) is 30.2 Å². The molecular weight excluding hydrogens is 386 g/mol. The second kappa shape index (κ2) is 8.77. The van der Waals surface area contributed by atoms with Crippen LogP contribution in [0.15, 0.2) is 54.6 Å². The Bertz CT molecular complexity index is 1050. The van der Waals surface area contributed by atoms with Crippen molar-refractivity contribution in [1.82, 2.24) is 0 Å². The average molecular weight is 403 g/mol. The minimum absolute atomic E-state index is 0.139. The third kappa shape index (κ3) is 4.93. The first-order valence-electron chi connectivity index (χ1n) is 8.73. The number of carbonyl (C=O) groups excluding carboxylic acids is 1. The number of hydrogen-bond acceptors (Lipinski definition) is 3. The molecule has 0 bridgehead atoms. The summed E-state index contributed by atoms with van der Waals surface area (Å²) in [6.45, 7) is 0.695. The fourth-order valence-corrected chi connectivity index (χ4v) is 2.73. The van der Waals surface area contributed by atoms with Crippen LogP contribution < -0.4 is 10.1 Å². The largest absolute Gasteiger partial charge is 0.483 e. The number of Topliss-reactive ketones (excluding diaryl/α,β-unsaturated/α-hetero) is 1. The maximum atomic E-state index is 14.5. The third-order valence-electron chi connectivity index (χ3n) is 4.15. The highest BCUT2D eigenvalue weighted by molar-refractivity contribution is 5.77. The van der Waals surface area contributed by atoms with E-state index in [0.717, 1.165) is 12.1 Å². The van der Waals surface area contributed by atoms with Crippen LogP contribution in [0.3, 0.4) is 0 Å². The minimum Gasteiger partial charge on any atom is -0.483 e. The van der Waals surface area contributed by atoms with E-state index >= 15 is 0 Å². The summed E-state index contributed by atoms with van der Waals surface area (Å²) in [5.41, 5.74) is 0.743. The quantitative estimate of drug-likeness (QED) is 0.530. The highest BCUT2D eigenvalue weighted by Gasteiger charge is 2.16. The van der Waals surface area contributed by atoms with Gasteiger partial charge in [-0.15, -0.1) is 0 Å². The van der Waals surface area contributed by atoms with Crippen LogP contribution in [-0.2, 0) is 11.3 Å². The Balaban J connectivity index is 1.83. The Morgan fingerprint density at radius 3 is 2.38 bits per heavy atom. The number of hydrogen-bond donors (Lipinski definition) is 1. The Morgan fingerprint density at radius 1 is 0.931 bits per heavy atom. The molecule has 0 heterocycles. The van der Waals surface area contributed by atoms with Crippen LogP contribution in [0.4, 0.5) is 23.2 Å². The molecule has 0 radical (unpaired) electrons. The summed E-state index contributed by atoms with van der Waals surface area (Å²) < 4.78 is 61.2. The van der Waals surface area contributed by atoms with Crippen molar-refractivity contribution in [2.45, 2.75) is 13.5 Å². The molecule has 0 atom stereocenters. The minimum atomic E-state index is -1.02. The lowest BCUT2D eigenvalue weighted by molar-refractivity contribution is -0.118. The molecule has 0 aliphatic rings. The van der Waals surface area contributed by atoms with Crippen LogP contribution in [0.1, 0.15) is 12.5 Å². The monoisotopic (exact) mass is 403 g/mol. The van der Waals surface area contributed by atoms with Crippen molar-refractivity contribution in [3.8, 4) is 16.9 Å². The number of ketones is 1. The molecule has 3 nitrogen and oxygen atoms in total. The van der Waals surface area contributed by atoms with Gasteiger partial charge in [-0.2, -0.15) is 0 Å². The van der Waals surface area contributed by atoms with Gasteiger partial charge in [-0.25, -0.2) is 17.6 Å². The van der Waals surface area contributed by atoms with Crippen molar-refractivity contribution in [1.29, 1.82) is 0 Å². The zero-order chi connectivity index (χ0) is 21.0. The Hall–Kier alpha value is -3.35. The molecule has 3 aromatic carbocycles. The van der Waals surface area contributed by atoms with Gasteiger partial charge in [-0.05, 0) is 54.4 Å². The van der Waals surface area contributed by atoms with Gasteiger partial charge in [-0.3, -0.25) is 4.79 Å². The maximum Gasteiger partial charge on any atom is 0.191 e. The van der Waals surface area contributed by atoms with E-state index in [4.69, 9.17) is 4.74 Å². The van der Waals surface area contributed by atoms with Crippen LogP contribution >= 0.6 is 0 Å². The number of halogens is 4. The van der Waals surface area contributed by atoms with Crippen molar-refractivity contribution in [2.75, 3.05) is 11.9 Å². The Kier molecular flexibility index (Phi) is 6.16. The molecule has 0 aliphatic heterocycles. The first-order valence-corrected chi connectivity index (χ1v) is 8.73. The van der Waals surface area contributed by atoms with E-state index < -0.39 is 29.0 Å². The van der Waals surface area contributed by atoms with Gasteiger partial charge in [0.25, 0.3) is 0 Å². The summed E-state index contributed by atoms with van der Waals surface area (Å²) in [7, 11) is 0. The number of benzene rings is 3. The van der Waals surface area contributed by atoms with E-state index in [1.807, 2.05) is 0 Å². The van der Waals surface area contributed by atoms with Gasteiger partial charge in [0.1, 0.15) is 29.7 Å². The van der Waals surface area contributed by atoms with Crippen molar-refractivity contribution in [2.24, 2.45) is 0 Å². The molecule has 0 aromatic heterocycles. The lowest BCUT2D eigenvalue weighted by atomic mass is 10.0.